The summed E-state index contributed by atoms with van der Waals surface area (Å²) in [6.07, 6.45) is -0.363. The van der Waals surface area contributed by atoms with Crippen LogP contribution in [-0.2, 0) is 17.8 Å². The molecule has 0 spiro atoms. The maximum Gasteiger partial charge on any atom is 0.258 e. The fourth-order valence-electron chi connectivity index (χ4n) is 5.53. The van der Waals surface area contributed by atoms with Gasteiger partial charge in [0.15, 0.2) is 5.75 Å². The van der Waals surface area contributed by atoms with E-state index >= 15 is 0 Å². The highest BCUT2D eigenvalue weighted by Gasteiger charge is 2.34. The quantitative estimate of drug-likeness (QED) is 0.200. The Morgan fingerprint density at radius 3 is 2.21 bits per heavy atom. The molecule has 2 N–H and O–H groups in total. The topological polar surface area (TPSA) is 91.3 Å². The summed E-state index contributed by atoms with van der Waals surface area (Å²) < 4.78 is 39.0. The molecule has 2 amide bonds. The van der Waals surface area contributed by atoms with Crippen molar-refractivity contribution in [2.45, 2.75) is 39.0 Å². The number of benzene rings is 4. The van der Waals surface area contributed by atoms with Gasteiger partial charge in [-0.2, -0.15) is 0 Å². The lowest BCUT2D eigenvalue weighted by atomic mass is 9.98. The minimum absolute atomic E-state index is 0.0157. The first-order valence-electron chi connectivity index (χ1n) is 15.6. The van der Waals surface area contributed by atoms with E-state index in [4.69, 9.17) is 9.47 Å². The summed E-state index contributed by atoms with van der Waals surface area (Å²) >= 11 is 0. The van der Waals surface area contributed by atoms with Crippen molar-refractivity contribution < 1.29 is 33.0 Å². The Labute approximate surface area is 273 Å². The number of aliphatic hydroxyl groups excluding tert-OH is 1. The maximum absolute atomic E-state index is 13.8. The van der Waals surface area contributed by atoms with Crippen LogP contribution in [0.3, 0.4) is 0 Å². The van der Waals surface area contributed by atoms with Crippen LogP contribution in [0.25, 0.3) is 0 Å². The van der Waals surface area contributed by atoms with Crippen LogP contribution in [0.5, 0.6) is 17.2 Å². The van der Waals surface area contributed by atoms with E-state index in [9.17, 15) is 23.5 Å². The molecule has 0 radical (unpaired) electrons. The molecule has 246 valence electrons. The lowest BCUT2D eigenvalue weighted by Gasteiger charge is -2.38. The van der Waals surface area contributed by atoms with Crippen molar-refractivity contribution in [2.24, 2.45) is 5.92 Å². The molecule has 0 aliphatic carbocycles. The number of likely N-dealkylation sites (N-methyl/N-ethyl adjacent to an activating group) is 1. The Morgan fingerprint density at radius 2 is 1.57 bits per heavy atom. The molecule has 0 saturated heterocycles. The molecule has 0 fully saturated rings. The average Bonchev–Trinajstić information content (AvgIpc) is 3.05. The van der Waals surface area contributed by atoms with Crippen molar-refractivity contribution in [3.8, 4) is 17.2 Å². The van der Waals surface area contributed by atoms with Crippen LogP contribution in [0.2, 0.25) is 0 Å². The van der Waals surface area contributed by atoms with Gasteiger partial charge in [0.1, 0.15) is 29.2 Å². The van der Waals surface area contributed by atoms with Gasteiger partial charge in [0.05, 0.1) is 30.3 Å². The van der Waals surface area contributed by atoms with Gasteiger partial charge in [-0.25, -0.2) is 8.78 Å². The Hall–Kier alpha value is -4.80. The van der Waals surface area contributed by atoms with E-state index in [0.29, 0.717) is 47.9 Å². The van der Waals surface area contributed by atoms with Crippen LogP contribution in [0.4, 0.5) is 14.5 Å². The number of anilines is 1. The van der Waals surface area contributed by atoms with Crippen LogP contribution in [0, 0.1) is 17.6 Å². The first-order chi connectivity index (χ1) is 22.6. The highest BCUT2D eigenvalue weighted by molar-refractivity contribution is 6.02. The van der Waals surface area contributed by atoms with Crippen molar-refractivity contribution in [1.29, 1.82) is 0 Å². The lowest BCUT2D eigenvalue weighted by Crippen LogP contribution is -2.49. The number of hydrogen-bond donors (Lipinski definition) is 2. The molecule has 0 aromatic heterocycles. The number of amides is 2. The zero-order valence-corrected chi connectivity index (χ0v) is 26.7. The number of nitrogens with one attached hydrogen (secondary N) is 1. The number of hydrogen-bond acceptors (Lipinski definition) is 6. The van der Waals surface area contributed by atoms with E-state index in [0.717, 1.165) is 5.56 Å². The van der Waals surface area contributed by atoms with Gasteiger partial charge in [-0.3, -0.25) is 14.5 Å². The third kappa shape index (κ3) is 8.72. The summed E-state index contributed by atoms with van der Waals surface area (Å²) in [5.74, 6) is -0.0214. The second kappa shape index (κ2) is 15.2. The van der Waals surface area contributed by atoms with Gasteiger partial charge in [-0.1, -0.05) is 37.3 Å². The summed E-state index contributed by atoms with van der Waals surface area (Å²) in [4.78, 5) is 30.6. The summed E-state index contributed by atoms with van der Waals surface area (Å²) in [6, 6.07) is 23.8. The van der Waals surface area contributed by atoms with Crippen LogP contribution in [0.1, 0.15) is 35.3 Å². The van der Waals surface area contributed by atoms with Gasteiger partial charge in [-0.05, 0) is 85.8 Å². The number of halogens is 2. The number of aliphatic hydroxyl groups is 1. The van der Waals surface area contributed by atoms with Gasteiger partial charge in [0, 0.05) is 25.6 Å². The zero-order valence-electron chi connectivity index (χ0n) is 26.7. The molecule has 4 aromatic carbocycles. The minimum atomic E-state index is -0.429. The van der Waals surface area contributed by atoms with E-state index in [1.807, 2.05) is 38.2 Å². The molecule has 1 aliphatic rings. The number of carbonyl (C=O) groups excluding carboxylic acids is 2. The van der Waals surface area contributed by atoms with E-state index in [1.165, 1.54) is 24.3 Å². The van der Waals surface area contributed by atoms with Gasteiger partial charge in [0.2, 0.25) is 5.91 Å². The molecule has 1 aliphatic heterocycles. The van der Waals surface area contributed by atoms with E-state index in [-0.39, 0.29) is 54.2 Å². The second-order valence-electron chi connectivity index (χ2n) is 12.1. The minimum Gasteiger partial charge on any atom is -0.486 e. The molecule has 8 nitrogen and oxygen atoms in total. The number of para-hydroxylation sites is 1. The molecule has 3 atom stereocenters. The van der Waals surface area contributed by atoms with Crippen molar-refractivity contribution in [1.82, 2.24) is 9.80 Å². The van der Waals surface area contributed by atoms with Crippen LogP contribution in [-0.4, -0.2) is 65.6 Å². The third-order valence-corrected chi connectivity index (χ3v) is 8.16. The maximum atomic E-state index is 13.8. The van der Waals surface area contributed by atoms with Gasteiger partial charge < -0.3 is 24.8 Å². The summed E-state index contributed by atoms with van der Waals surface area (Å²) in [7, 11) is 1.98. The van der Waals surface area contributed by atoms with Gasteiger partial charge in [0.25, 0.3) is 5.91 Å². The Balaban J connectivity index is 1.33. The van der Waals surface area contributed by atoms with Crippen LogP contribution < -0.4 is 14.8 Å². The van der Waals surface area contributed by atoms with E-state index < -0.39 is 6.04 Å². The Bertz CT molecular complexity index is 1670. The predicted molar refractivity (Wildman–Crippen MR) is 176 cm³/mol. The van der Waals surface area contributed by atoms with Crippen LogP contribution >= 0.6 is 0 Å². The van der Waals surface area contributed by atoms with Crippen molar-refractivity contribution >= 4 is 17.5 Å². The number of nitrogens with zero attached hydrogens (tertiary/aromatic N) is 2. The number of ether oxygens (including phenoxy) is 2. The summed E-state index contributed by atoms with van der Waals surface area (Å²) in [5, 5.41) is 12.9. The second-order valence-corrected chi connectivity index (χ2v) is 12.1. The Morgan fingerprint density at radius 1 is 0.979 bits per heavy atom. The predicted octanol–water partition coefficient (Wildman–Crippen LogP) is 6.29. The molecule has 0 saturated carbocycles. The zero-order chi connectivity index (χ0) is 33.5. The van der Waals surface area contributed by atoms with Crippen LogP contribution in [0.15, 0.2) is 91.0 Å². The van der Waals surface area contributed by atoms with E-state index in [1.54, 1.807) is 54.3 Å². The summed E-state index contributed by atoms with van der Waals surface area (Å²) in [6.45, 7) is 5.07. The largest absolute Gasteiger partial charge is 0.486 e. The first kappa shape index (κ1) is 33.6. The number of carbonyl (C=O) groups is 2. The lowest BCUT2D eigenvalue weighted by molar-refractivity contribution is -0.115. The molecule has 4 aromatic rings. The SMILES string of the molecule is C[C@@H]1CN([C@@H](C)CO)C(=O)c2cccc(NC(=O)Cc3ccc(F)cc3)c2O[C@@H]1CN(C)Cc1ccc(Oc2ccc(F)cc2)cc1. The van der Waals surface area contributed by atoms with Crippen molar-refractivity contribution in [3.63, 3.8) is 0 Å². The molecule has 5 rings (SSSR count). The fourth-order valence-corrected chi connectivity index (χ4v) is 5.53. The Kier molecular flexibility index (Phi) is 10.8. The van der Waals surface area contributed by atoms with Gasteiger partial charge >= 0.3 is 0 Å². The summed E-state index contributed by atoms with van der Waals surface area (Å²) in [5.41, 5.74) is 2.34. The third-order valence-electron chi connectivity index (χ3n) is 8.16. The highest BCUT2D eigenvalue weighted by atomic mass is 19.1. The fraction of sp³-hybridized carbons (Fsp3) is 0.297. The van der Waals surface area contributed by atoms with E-state index in [2.05, 4.69) is 10.2 Å². The standard InChI is InChI=1S/C37H39F2N3O5/c1-24-20-42(25(2)23-43)37(45)32-5-4-6-33(40-35(44)19-26-7-11-28(38)12-8-26)36(32)47-34(24)22-41(3)21-27-9-15-30(16-10-27)46-31-17-13-29(39)14-18-31/h4-18,24-25,34,43H,19-23H2,1-3H3,(H,40,44)/t24-,25+,34-/m1/s1. The number of fused-ring (bicyclic) bond motifs is 1. The molecular weight excluding hydrogens is 604 g/mol. The molecule has 1 heterocycles. The average molecular weight is 644 g/mol. The molecular formula is C37H39F2N3O5. The highest BCUT2D eigenvalue weighted by Crippen LogP contribution is 2.35. The smallest absolute Gasteiger partial charge is 0.258 e. The monoisotopic (exact) mass is 643 g/mol. The van der Waals surface area contributed by atoms with Gasteiger partial charge in [-0.15, -0.1) is 0 Å². The van der Waals surface area contributed by atoms with Crippen molar-refractivity contribution in [3.05, 3.63) is 119 Å². The molecule has 47 heavy (non-hydrogen) atoms. The molecule has 0 bridgehead atoms. The number of rotatable bonds is 11. The van der Waals surface area contributed by atoms with Crippen molar-refractivity contribution in [2.75, 3.05) is 32.1 Å². The molecule has 0 unspecified atom stereocenters. The normalized spacial score (nSPS) is 16.9. The first-order valence-corrected chi connectivity index (χ1v) is 15.6. The molecule has 10 heteroatoms.